The van der Waals surface area contributed by atoms with Gasteiger partial charge in [0.25, 0.3) is 0 Å². The molecule has 0 spiro atoms. The predicted octanol–water partition coefficient (Wildman–Crippen LogP) is 3.47. The zero-order valence-electron chi connectivity index (χ0n) is 17.5. The van der Waals surface area contributed by atoms with Crippen molar-refractivity contribution in [2.24, 2.45) is 0 Å². The molecule has 0 saturated carbocycles. The highest BCUT2D eigenvalue weighted by molar-refractivity contribution is 7.89. The molecule has 1 amide bonds. The average Bonchev–Trinajstić information content (AvgIpc) is 2.79. The van der Waals surface area contributed by atoms with Crippen molar-refractivity contribution >= 4 is 21.6 Å². The number of benzene rings is 2. The summed E-state index contributed by atoms with van der Waals surface area (Å²) in [5, 5.41) is 0. The first-order valence-corrected chi connectivity index (χ1v) is 12.0. The first kappa shape index (κ1) is 22.5. The zero-order chi connectivity index (χ0) is 21.4. The van der Waals surface area contributed by atoms with Crippen molar-refractivity contribution in [3.8, 4) is 0 Å². The molecule has 162 valence electrons. The lowest BCUT2D eigenvalue weighted by molar-refractivity contribution is -0.118. The van der Waals surface area contributed by atoms with Crippen LogP contribution < -0.4 is 4.90 Å². The Balaban J connectivity index is 1.62. The number of carbonyl (C=O) groups is 1. The van der Waals surface area contributed by atoms with E-state index in [0.717, 1.165) is 24.1 Å². The maximum absolute atomic E-state index is 12.9. The molecule has 6 nitrogen and oxygen atoms in total. The zero-order valence-corrected chi connectivity index (χ0v) is 18.3. The second-order valence-corrected chi connectivity index (χ2v) is 9.33. The van der Waals surface area contributed by atoms with Crippen LogP contribution in [0.2, 0.25) is 0 Å². The Bertz CT molecular complexity index is 908. The van der Waals surface area contributed by atoms with Crippen LogP contribution in [0.1, 0.15) is 31.7 Å². The number of sulfonamides is 1. The van der Waals surface area contributed by atoms with Crippen LogP contribution in [0.15, 0.2) is 59.5 Å². The summed E-state index contributed by atoms with van der Waals surface area (Å²) in [6.07, 6.45) is 2.94. The number of ether oxygens (including phenoxy) is 1. The lowest BCUT2D eigenvalue weighted by atomic mass is 10.1. The minimum atomic E-state index is -3.49. The molecule has 30 heavy (non-hydrogen) atoms. The molecule has 1 saturated heterocycles. The third kappa shape index (κ3) is 5.68. The van der Waals surface area contributed by atoms with Crippen molar-refractivity contribution in [3.63, 3.8) is 0 Å². The van der Waals surface area contributed by atoms with Gasteiger partial charge in [-0.3, -0.25) is 4.79 Å². The SMILES string of the molecule is CCCCN(C(=O)CCc1ccc(S(=O)(=O)N2CCOCC2)cc1)c1ccccc1. The van der Waals surface area contributed by atoms with Crippen LogP contribution in [0.5, 0.6) is 0 Å². The van der Waals surface area contributed by atoms with Gasteiger partial charge < -0.3 is 9.64 Å². The average molecular weight is 431 g/mol. The van der Waals surface area contributed by atoms with Gasteiger partial charge in [-0.2, -0.15) is 4.31 Å². The minimum absolute atomic E-state index is 0.0830. The van der Waals surface area contributed by atoms with Gasteiger partial charge in [-0.15, -0.1) is 0 Å². The number of para-hydroxylation sites is 1. The van der Waals surface area contributed by atoms with Crippen LogP contribution in [0.3, 0.4) is 0 Å². The molecule has 1 aliphatic rings. The molecule has 0 radical (unpaired) electrons. The summed E-state index contributed by atoms with van der Waals surface area (Å²) in [6, 6.07) is 16.6. The van der Waals surface area contributed by atoms with E-state index >= 15 is 0 Å². The maximum Gasteiger partial charge on any atom is 0.243 e. The van der Waals surface area contributed by atoms with Crippen molar-refractivity contribution < 1.29 is 17.9 Å². The molecule has 0 bridgehead atoms. The van der Waals surface area contributed by atoms with E-state index in [1.165, 1.54) is 4.31 Å². The quantitative estimate of drug-likeness (QED) is 0.611. The van der Waals surface area contributed by atoms with Gasteiger partial charge in [-0.25, -0.2) is 8.42 Å². The van der Waals surface area contributed by atoms with Gasteiger partial charge in [0.05, 0.1) is 18.1 Å². The molecule has 0 aliphatic carbocycles. The second kappa shape index (κ2) is 10.7. The summed E-state index contributed by atoms with van der Waals surface area (Å²) >= 11 is 0. The first-order chi connectivity index (χ1) is 14.5. The van der Waals surface area contributed by atoms with E-state index in [1.807, 2.05) is 35.2 Å². The maximum atomic E-state index is 12.9. The Hall–Kier alpha value is -2.22. The van der Waals surface area contributed by atoms with E-state index in [4.69, 9.17) is 4.74 Å². The number of rotatable bonds is 9. The molecule has 0 aromatic heterocycles. The third-order valence-corrected chi connectivity index (χ3v) is 7.18. The number of hydrogen-bond acceptors (Lipinski definition) is 4. The molecule has 0 atom stereocenters. The Kier molecular flexibility index (Phi) is 8.01. The predicted molar refractivity (Wildman–Crippen MR) is 118 cm³/mol. The van der Waals surface area contributed by atoms with Gasteiger partial charge in [0.1, 0.15) is 0 Å². The largest absolute Gasteiger partial charge is 0.379 e. The smallest absolute Gasteiger partial charge is 0.243 e. The summed E-state index contributed by atoms with van der Waals surface area (Å²) in [5.41, 5.74) is 1.87. The molecule has 1 aliphatic heterocycles. The number of morpholine rings is 1. The fourth-order valence-corrected chi connectivity index (χ4v) is 4.88. The van der Waals surface area contributed by atoms with Crippen LogP contribution in [-0.4, -0.2) is 51.5 Å². The molecular formula is C23H30N2O4S. The van der Waals surface area contributed by atoms with Crippen LogP contribution in [-0.2, 0) is 26.0 Å². The fourth-order valence-electron chi connectivity index (χ4n) is 3.47. The Morgan fingerprint density at radius 3 is 2.33 bits per heavy atom. The van der Waals surface area contributed by atoms with Crippen molar-refractivity contribution in [2.45, 2.75) is 37.5 Å². The molecule has 1 fully saturated rings. The Labute approximate surface area is 179 Å². The molecule has 2 aromatic carbocycles. The highest BCUT2D eigenvalue weighted by Gasteiger charge is 2.26. The standard InChI is InChI=1S/C23H30N2O4S/c1-2-3-15-25(21-7-5-4-6-8-21)23(26)14-11-20-9-12-22(13-10-20)30(27,28)24-16-18-29-19-17-24/h4-10,12-13H,2-3,11,14-19H2,1H3. The molecule has 7 heteroatoms. The van der Waals surface area contributed by atoms with E-state index < -0.39 is 10.0 Å². The topological polar surface area (TPSA) is 66.9 Å². The second-order valence-electron chi connectivity index (χ2n) is 7.39. The molecule has 0 N–H and O–H groups in total. The van der Waals surface area contributed by atoms with E-state index in [9.17, 15) is 13.2 Å². The number of anilines is 1. The number of unbranched alkanes of at least 4 members (excludes halogenated alkanes) is 1. The lowest BCUT2D eigenvalue weighted by Crippen LogP contribution is -2.40. The lowest BCUT2D eigenvalue weighted by Gasteiger charge is -2.26. The molecule has 3 rings (SSSR count). The van der Waals surface area contributed by atoms with Crippen molar-refractivity contribution in [2.75, 3.05) is 37.7 Å². The van der Waals surface area contributed by atoms with E-state index in [2.05, 4.69) is 6.92 Å². The van der Waals surface area contributed by atoms with Crippen LogP contribution >= 0.6 is 0 Å². The number of carbonyl (C=O) groups excluding carboxylic acids is 1. The summed E-state index contributed by atoms with van der Waals surface area (Å²) in [6.45, 7) is 4.43. The van der Waals surface area contributed by atoms with Gasteiger partial charge in [-0.05, 0) is 42.7 Å². The molecule has 2 aromatic rings. The van der Waals surface area contributed by atoms with E-state index in [1.54, 1.807) is 24.3 Å². The van der Waals surface area contributed by atoms with Crippen LogP contribution in [0.4, 0.5) is 5.69 Å². The summed E-state index contributed by atoms with van der Waals surface area (Å²) in [4.78, 5) is 15.0. The van der Waals surface area contributed by atoms with E-state index in [-0.39, 0.29) is 10.8 Å². The Morgan fingerprint density at radius 2 is 1.70 bits per heavy atom. The highest BCUT2D eigenvalue weighted by atomic mass is 32.2. The van der Waals surface area contributed by atoms with Gasteiger partial charge in [0.2, 0.25) is 15.9 Å². The van der Waals surface area contributed by atoms with Crippen molar-refractivity contribution in [1.29, 1.82) is 0 Å². The number of nitrogens with zero attached hydrogens (tertiary/aromatic N) is 2. The van der Waals surface area contributed by atoms with Crippen molar-refractivity contribution in [3.05, 3.63) is 60.2 Å². The van der Waals surface area contributed by atoms with Crippen LogP contribution in [0, 0.1) is 0 Å². The number of hydrogen-bond donors (Lipinski definition) is 0. The van der Waals surface area contributed by atoms with Gasteiger partial charge in [0, 0.05) is 31.7 Å². The normalized spacial score (nSPS) is 15.1. The number of aryl methyl sites for hydroxylation is 1. The molecule has 1 heterocycles. The summed E-state index contributed by atoms with van der Waals surface area (Å²) in [7, 11) is -3.49. The Morgan fingerprint density at radius 1 is 1.03 bits per heavy atom. The summed E-state index contributed by atoms with van der Waals surface area (Å²) < 4.78 is 32.1. The molecular weight excluding hydrogens is 400 g/mol. The highest BCUT2D eigenvalue weighted by Crippen LogP contribution is 2.20. The number of amides is 1. The summed E-state index contributed by atoms with van der Waals surface area (Å²) in [5.74, 6) is 0.0830. The van der Waals surface area contributed by atoms with Gasteiger partial charge in [-0.1, -0.05) is 43.7 Å². The fraction of sp³-hybridized carbons (Fsp3) is 0.435. The third-order valence-electron chi connectivity index (χ3n) is 5.26. The van der Waals surface area contributed by atoms with E-state index in [0.29, 0.717) is 45.7 Å². The first-order valence-electron chi connectivity index (χ1n) is 10.5. The van der Waals surface area contributed by atoms with Crippen molar-refractivity contribution in [1.82, 2.24) is 4.31 Å². The van der Waals surface area contributed by atoms with Crippen LogP contribution in [0.25, 0.3) is 0 Å². The minimum Gasteiger partial charge on any atom is -0.379 e. The molecule has 0 unspecified atom stereocenters. The van der Waals surface area contributed by atoms with Gasteiger partial charge in [0.15, 0.2) is 0 Å². The monoisotopic (exact) mass is 430 g/mol. The van der Waals surface area contributed by atoms with Gasteiger partial charge >= 0.3 is 0 Å².